The zero-order chi connectivity index (χ0) is 37.2. The predicted molar refractivity (Wildman–Crippen MR) is 178 cm³/mol. The molecule has 1 aromatic carbocycles. The number of imide groups is 1. The lowest BCUT2D eigenvalue weighted by Crippen LogP contribution is -2.58. The SMILES string of the molecule is COCCC(=O)NCC[C@H](NC(=O)CN1C(=O)C=CC1=O)C(=O)N[C@H](C(=O)NC(CCCNC(N)=O)C(=O)Nc1ccc(CO)cc1)C(C)C. The molecule has 1 aliphatic rings. The van der Waals surface area contributed by atoms with Crippen molar-refractivity contribution >= 4 is 53.1 Å². The number of nitrogens with two attached hydrogens (primary N) is 1. The van der Waals surface area contributed by atoms with Gasteiger partial charge in [0, 0.05) is 44.5 Å². The third kappa shape index (κ3) is 14.0. The lowest BCUT2D eigenvalue weighted by atomic mass is 10.0. The minimum atomic E-state index is -1.30. The molecule has 1 unspecified atom stereocenters. The van der Waals surface area contributed by atoms with Gasteiger partial charge < -0.3 is 47.5 Å². The Morgan fingerprint density at radius 2 is 1.46 bits per heavy atom. The molecule has 0 fully saturated rings. The molecular formula is C32H46N8O10. The molecule has 2 rings (SSSR count). The smallest absolute Gasteiger partial charge is 0.312 e. The maximum atomic E-state index is 13.6. The highest BCUT2D eigenvalue weighted by Crippen LogP contribution is 2.12. The van der Waals surface area contributed by atoms with Gasteiger partial charge in [0.05, 0.1) is 13.2 Å². The van der Waals surface area contributed by atoms with Crippen LogP contribution in [0.4, 0.5) is 10.5 Å². The minimum Gasteiger partial charge on any atom is -0.392 e. The molecule has 9 N–H and O–H groups in total. The Morgan fingerprint density at radius 3 is 2.04 bits per heavy atom. The lowest BCUT2D eigenvalue weighted by molar-refractivity contribution is -0.141. The van der Waals surface area contributed by atoms with Crippen LogP contribution in [-0.2, 0) is 44.9 Å². The summed E-state index contributed by atoms with van der Waals surface area (Å²) < 4.78 is 4.88. The Labute approximate surface area is 289 Å². The topological polar surface area (TPSA) is 267 Å². The second-order valence-electron chi connectivity index (χ2n) is 11.7. The Bertz CT molecular complexity index is 1400. The summed E-state index contributed by atoms with van der Waals surface area (Å²) in [7, 11) is 1.43. The molecule has 18 nitrogen and oxygen atoms in total. The van der Waals surface area contributed by atoms with E-state index in [0.717, 1.165) is 12.2 Å². The van der Waals surface area contributed by atoms with Crippen LogP contribution in [0, 0.1) is 5.92 Å². The fourth-order valence-corrected chi connectivity index (χ4v) is 4.64. The van der Waals surface area contributed by atoms with E-state index in [2.05, 4.69) is 31.9 Å². The van der Waals surface area contributed by atoms with Crippen LogP contribution in [0.3, 0.4) is 0 Å². The molecule has 3 atom stereocenters. The number of urea groups is 1. The largest absolute Gasteiger partial charge is 0.392 e. The molecule has 0 radical (unpaired) electrons. The summed E-state index contributed by atoms with van der Waals surface area (Å²) in [6.45, 7) is 2.70. The summed E-state index contributed by atoms with van der Waals surface area (Å²) in [4.78, 5) is 101. The van der Waals surface area contributed by atoms with Crippen LogP contribution in [0.2, 0.25) is 0 Å². The zero-order valence-electron chi connectivity index (χ0n) is 28.3. The second-order valence-corrected chi connectivity index (χ2v) is 11.7. The number of carbonyl (C=O) groups excluding carboxylic acids is 8. The van der Waals surface area contributed by atoms with E-state index in [-0.39, 0.29) is 57.9 Å². The molecule has 0 aromatic heterocycles. The first-order valence-corrected chi connectivity index (χ1v) is 16.0. The van der Waals surface area contributed by atoms with Crippen LogP contribution in [-0.4, -0.2) is 109 Å². The maximum absolute atomic E-state index is 13.6. The normalized spacial score (nSPS) is 14.1. The van der Waals surface area contributed by atoms with Crippen LogP contribution in [0.1, 0.15) is 45.1 Å². The number of hydrogen-bond donors (Lipinski definition) is 8. The van der Waals surface area contributed by atoms with Crippen molar-refractivity contribution in [3.63, 3.8) is 0 Å². The molecule has 18 heteroatoms. The fraction of sp³-hybridized carbons (Fsp3) is 0.500. The standard InChI is InChI=1S/C32H46N8O10/c1-19(2)28(31(48)38-22(5-4-14-35-32(33)49)29(46)36-21-8-6-20(18-41)7-9-21)39-30(47)23(12-15-34-24(42)13-16-50-3)37-25(43)17-40-26(44)10-11-27(40)45/h6-11,19,22-23,28,41H,4-5,12-18H2,1-3H3,(H,34,42)(H,36,46)(H,37,43)(H,38,48)(H,39,47)(H3,33,35,49)/t22?,23-,28-/m0/s1. The number of aliphatic hydroxyl groups excluding tert-OH is 1. The zero-order valence-corrected chi connectivity index (χ0v) is 28.3. The van der Waals surface area contributed by atoms with Crippen molar-refractivity contribution in [1.29, 1.82) is 0 Å². The molecule has 0 bridgehead atoms. The number of nitrogens with one attached hydrogen (secondary N) is 6. The Hall–Kier alpha value is -5.36. The molecule has 50 heavy (non-hydrogen) atoms. The summed E-state index contributed by atoms with van der Waals surface area (Å²) in [5.41, 5.74) is 6.15. The van der Waals surface area contributed by atoms with Gasteiger partial charge in [0.1, 0.15) is 24.7 Å². The van der Waals surface area contributed by atoms with Crippen LogP contribution < -0.4 is 37.6 Å². The number of methoxy groups -OCH3 is 1. The number of rotatable bonds is 21. The molecule has 9 amide bonds. The third-order valence-electron chi connectivity index (χ3n) is 7.40. The molecule has 1 heterocycles. The van der Waals surface area contributed by atoms with E-state index in [1.54, 1.807) is 38.1 Å². The summed E-state index contributed by atoms with van der Waals surface area (Å²) in [5, 5.41) is 24.7. The van der Waals surface area contributed by atoms with Gasteiger partial charge >= 0.3 is 6.03 Å². The minimum absolute atomic E-state index is 0.0521. The van der Waals surface area contributed by atoms with Gasteiger partial charge in [0.25, 0.3) is 11.8 Å². The monoisotopic (exact) mass is 702 g/mol. The van der Waals surface area contributed by atoms with Gasteiger partial charge in [-0.2, -0.15) is 0 Å². The average molecular weight is 703 g/mol. The van der Waals surface area contributed by atoms with E-state index in [1.165, 1.54) is 7.11 Å². The summed E-state index contributed by atoms with van der Waals surface area (Å²) in [5.74, 6) is -5.20. The van der Waals surface area contributed by atoms with Crippen molar-refractivity contribution in [3.8, 4) is 0 Å². The average Bonchev–Trinajstić information content (AvgIpc) is 3.38. The molecule has 0 saturated heterocycles. The van der Waals surface area contributed by atoms with Crippen LogP contribution >= 0.6 is 0 Å². The molecular weight excluding hydrogens is 656 g/mol. The van der Waals surface area contributed by atoms with Crippen molar-refractivity contribution in [3.05, 3.63) is 42.0 Å². The molecule has 274 valence electrons. The van der Waals surface area contributed by atoms with Crippen LogP contribution in [0.5, 0.6) is 0 Å². The number of anilines is 1. The third-order valence-corrected chi connectivity index (χ3v) is 7.40. The van der Waals surface area contributed by atoms with Crippen molar-refractivity contribution in [2.45, 2.75) is 64.3 Å². The lowest BCUT2D eigenvalue weighted by Gasteiger charge is -2.27. The summed E-state index contributed by atoms with van der Waals surface area (Å²) >= 11 is 0. The van der Waals surface area contributed by atoms with Crippen molar-refractivity contribution < 1.29 is 48.2 Å². The first-order valence-electron chi connectivity index (χ1n) is 16.0. The number of carbonyl (C=O) groups is 8. The quantitative estimate of drug-likeness (QED) is 0.0523. The van der Waals surface area contributed by atoms with Gasteiger partial charge in [0.15, 0.2) is 0 Å². The Balaban J connectivity index is 2.19. The molecule has 1 aromatic rings. The molecule has 0 spiro atoms. The number of benzene rings is 1. The first-order chi connectivity index (χ1) is 23.7. The van der Waals surface area contributed by atoms with Gasteiger partial charge in [0.2, 0.25) is 29.5 Å². The second kappa shape index (κ2) is 20.9. The Morgan fingerprint density at radius 1 is 0.820 bits per heavy atom. The number of hydrogen-bond acceptors (Lipinski definition) is 10. The molecule has 0 aliphatic carbocycles. The molecule has 1 aliphatic heterocycles. The van der Waals surface area contributed by atoms with E-state index < -0.39 is 72.1 Å². The van der Waals surface area contributed by atoms with E-state index in [1.807, 2.05) is 0 Å². The summed E-state index contributed by atoms with van der Waals surface area (Å²) in [6, 6.07) is 2.00. The number of nitrogens with zero attached hydrogens (tertiary/aromatic N) is 1. The van der Waals surface area contributed by atoms with Gasteiger partial charge in [-0.25, -0.2) is 4.79 Å². The number of aliphatic hydroxyl groups is 1. The number of amides is 9. The van der Waals surface area contributed by atoms with Crippen LogP contribution in [0.25, 0.3) is 0 Å². The first kappa shape index (κ1) is 40.8. The number of primary amides is 1. The highest BCUT2D eigenvalue weighted by molar-refractivity contribution is 6.14. The fourth-order valence-electron chi connectivity index (χ4n) is 4.64. The highest BCUT2D eigenvalue weighted by Gasteiger charge is 2.32. The van der Waals surface area contributed by atoms with Gasteiger partial charge in [-0.1, -0.05) is 26.0 Å². The van der Waals surface area contributed by atoms with Gasteiger partial charge in [-0.15, -0.1) is 0 Å². The van der Waals surface area contributed by atoms with E-state index in [9.17, 15) is 43.5 Å². The molecule has 0 saturated carbocycles. The van der Waals surface area contributed by atoms with E-state index in [4.69, 9.17) is 10.5 Å². The van der Waals surface area contributed by atoms with Crippen molar-refractivity contribution in [2.75, 3.05) is 38.7 Å². The number of ether oxygens (including phenoxy) is 1. The van der Waals surface area contributed by atoms with Crippen LogP contribution in [0.15, 0.2) is 36.4 Å². The van der Waals surface area contributed by atoms with Crippen molar-refractivity contribution in [1.82, 2.24) is 31.5 Å². The van der Waals surface area contributed by atoms with E-state index in [0.29, 0.717) is 16.2 Å². The highest BCUT2D eigenvalue weighted by atomic mass is 16.5. The predicted octanol–water partition coefficient (Wildman–Crippen LogP) is -1.86. The van der Waals surface area contributed by atoms with Gasteiger partial charge in [-0.05, 0) is 42.9 Å². The summed E-state index contributed by atoms with van der Waals surface area (Å²) in [6.07, 6.45) is 2.30. The van der Waals surface area contributed by atoms with Crippen molar-refractivity contribution in [2.24, 2.45) is 11.7 Å². The maximum Gasteiger partial charge on any atom is 0.312 e. The Kier molecular flexibility index (Phi) is 17.0. The van der Waals surface area contributed by atoms with Gasteiger partial charge in [-0.3, -0.25) is 38.5 Å². The van der Waals surface area contributed by atoms with E-state index >= 15 is 0 Å².